The number of carbonyl (C=O) groups is 2. The molecule has 2 aromatic heterocycles. The summed E-state index contributed by atoms with van der Waals surface area (Å²) >= 11 is 0. The van der Waals surface area contributed by atoms with Crippen molar-refractivity contribution in [2.45, 2.75) is 83.0 Å². The number of hydrogen-bond acceptors (Lipinski definition) is 5. The summed E-state index contributed by atoms with van der Waals surface area (Å²) in [6, 6.07) is 3.93. The van der Waals surface area contributed by atoms with E-state index in [0.29, 0.717) is 25.5 Å². The van der Waals surface area contributed by atoms with E-state index in [2.05, 4.69) is 35.2 Å². The van der Waals surface area contributed by atoms with Gasteiger partial charge in [-0.2, -0.15) is 0 Å². The van der Waals surface area contributed by atoms with Crippen LogP contribution in [0, 0.1) is 5.92 Å². The number of amides is 1. The lowest BCUT2D eigenvalue weighted by atomic mass is 9.85. The molecule has 33 heavy (non-hydrogen) atoms. The molecule has 0 N–H and O–H groups in total. The molecule has 0 unspecified atom stereocenters. The predicted octanol–water partition coefficient (Wildman–Crippen LogP) is 4.49. The molecule has 8 heteroatoms. The van der Waals surface area contributed by atoms with Gasteiger partial charge in [0.05, 0.1) is 17.9 Å². The number of nitrogens with zero attached hydrogens (tertiary/aromatic N) is 4. The van der Waals surface area contributed by atoms with Crippen LogP contribution in [0.15, 0.2) is 18.5 Å². The maximum Gasteiger partial charge on any atom is 0.259 e. The summed E-state index contributed by atoms with van der Waals surface area (Å²) in [5, 5.41) is 1.03. The van der Waals surface area contributed by atoms with E-state index in [4.69, 9.17) is 9.72 Å². The molecule has 5 rings (SSSR count). The van der Waals surface area contributed by atoms with Crippen molar-refractivity contribution < 1.29 is 14.3 Å². The molecule has 2 aliphatic carbocycles. The van der Waals surface area contributed by atoms with Gasteiger partial charge in [0.1, 0.15) is 18.7 Å². The first-order valence-electron chi connectivity index (χ1n) is 12.4. The lowest BCUT2D eigenvalue weighted by Crippen LogP contribution is -2.52. The third kappa shape index (κ3) is 4.60. The van der Waals surface area contributed by atoms with Crippen molar-refractivity contribution in [1.82, 2.24) is 14.5 Å². The number of ether oxygens (including phenoxy) is 1. The van der Waals surface area contributed by atoms with Crippen LogP contribution in [0.3, 0.4) is 0 Å². The summed E-state index contributed by atoms with van der Waals surface area (Å²) in [7, 11) is -1.13. The molecule has 0 spiro atoms. The van der Waals surface area contributed by atoms with Gasteiger partial charge in [-0.15, -0.1) is 0 Å². The van der Waals surface area contributed by atoms with Gasteiger partial charge in [0.15, 0.2) is 0 Å². The quantitative estimate of drug-likeness (QED) is 0.324. The Kier molecular flexibility index (Phi) is 6.07. The Morgan fingerprint density at radius 3 is 2.45 bits per heavy atom. The van der Waals surface area contributed by atoms with Crippen LogP contribution in [0.25, 0.3) is 11.0 Å². The Labute approximate surface area is 197 Å². The third-order valence-corrected chi connectivity index (χ3v) is 9.14. The minimum absolute atomic E-state index is 0.110. The molecule has 1 aliphatic heterocycles. The molecule has 2 fully saturated rings. The number of aldehydes is 1. The van der Waals surface area contributed by atoms with Gasteiger partial charge in [-0.3, -0.25) is 4.79 Å². The van der Waals surface area contributed by atoms with Crippen molar-refractivity contribution in [3.05, 3.63) is 24.0 Å². The van der Waals surface area contributed by atoms with Crippen molar-refractivity contribution in [1.29, 1.82) is 0 Å². The predicted molar refractivity (Wildman–Crippen MR) is 132 cm³/mol. The van der Waals surface area contributed by atoms with Crippen LogP contribution in [0.2, 0.25) is 25.7 Å². The summed E-state index contributed by atoms with van der Waals surface area (Å²) in [6.07, 6.45) is 10.9. The summed E-state index contributed by atoms with van der Waals surface area (Å²) < 4.78 is 8.04. The fraction of sp³-hybridized carbons (Fsp3) is 0.640. The minimum Gasteiger partial charge on any atom is -0.361 e. The highest BCUT2D eigenvalue weighted by atomic mass is 28.3. The van der Waals surface area contributed by atoms with Gasteiger partial charge in [0, 0.05) is 50.5 Å². The van der Waals surface area contributed by atoms with E-state index in [9.17, 15) is 9.59 Å². The summed E-state index contributed by atoms with van der Waals surface area (Å²) in [5.41, 5.74) is 2.62. The van der Waals surface area contributed by atoms with E-state index in [1.807, 2.05) is 11.1 Å². The highest BCUT2D eigenvalue weighted by Crippen LogP contribution is 2.41. The van der Waals surface area contributed by atoms with E-state index < -0.39 is 8.07 Å². The topological polar surface area (TPSA) is 67.7 Å². The molecule has 2 aromatic rings. The Bertz CT molecular complexity index is 1030. The van der Waals surface area contributed by atoms with E-state index in [-0.39, 0.29) is 11.8 Å². The standard InChI is InChI=1S/C25H36N4O3Si/c1-33(2,3)13-12-32-17-27-11-10-21-23-22(14-26-24(21)27)25(31)29(20-8-9-20)16-28(23)19-6-4-18(15-30)5-7-19/h10-11,14-15,18-20H,4-9,12-13,16-17H2,1-3H3. The molecule has 2 saturated carbocycles. The van der Waals surface area contributed by atoms with E-state index in [1.54, 1.807) is 6.20 Å². The largest absolute Gasteiger partial charge is 0.361 e. The van der Waals surface area contributed by atoms with Crippen molar-refractivity contribution in [3.63, 3.8) is 0 Å². The summed E-state index contributed by atoms with van der Waals surface area (Å²) in [6.45, 7) is 8.95. The second-order valence-corrected chi connectivity index (χ2v) is 16.8. The number of fused-ring (bicyclic) bond motifs is 3. The zero-order chi connectivity index (χ0) is 23.2. The monoisotopic (exact) mass is 468 g/mol. The lowest BCUT2D eigenvalue weighted by Gasteiger charge is -2.44. The number of rotatable bonds is 8. The van der Waals surface area contributed by atoms with Crippen molar-refractivity contribution >= 4 is 37.0 Å². The molecule has 0 saturated heterocycles. The fourth-order valence-electron chi connectivity index (χ4n) is 5.20. The zero-order valence-corrected chi connectivity index (χ0v) is 21.1. The van der Waals surface area contributed by atoms with Crippen LogP contribution in [0.5, 0.6) is 0 Å². The van der Waals surface area contributed by atoms with Crippen LogP contribution in [-0.4, -0.2) is 60.1 Å². The average Bonchev–Trinajstić information content (AvgIpc) is 3.56. The SMILES string of the molecule is C[Si](C)(C)CCOCn1ccc2c3c(cnc21)C(=O)N(C1CC1)CN3C1CCC(C=O)CC1. The van der Waals surface area contributed by atoms with Crippen LogP contribution >= 0.6 is 0 Å². The second-order valence-electron chi connectivity index (χ2n) is 11.2. The Morgan fingerprint density at radius 1 is 1.09 bits per heavy atom. The van der Waals surface area contributed by atoms with E-state index in [1.165, 1.54) is 0 Å². The highest BCUT2D eigenvalue weighted by Gasteiger charge is 2.42. The van der Waals surface area contributed by atoms with Crippen molar-refractivity contribution in [2.75, 3.05) is 18.2 Å². The molecule has 0 aromatic carbocycles. The minimum atomic E-state index is -1.13. The Morgan fingerprint density at radius 2 is 1.79 bits per heavy atom. The van der Waals surface area contributed by atoms with E-state index in [0.717, 1.165) is 79.7 Å². The van der Waals surface area contributed by atoms with Crippen LogP contribution in [0.4, 0.5) is 5.69 Å². The Balaban J connectivity index is 1.44. The number of anilines is 1. The van der Waals surface area contributed by atoms with Gasteiger partial charge in [-0.25, -0.2) is 4.98 Å². The summed E-state index contributed by atoms with van der Waals surface area (Å²) in [4.78, 5) is 33.9. The number of hydrogen-bond donors (Lipinski definition) is 0. The molecule has 0 radical (unpaired) electrons. The van der Waals surface area contributed by atoms with Gasteiger partial charge in [-0.05, 0) is 50.6 Å². The molecular formula is C25H36N4O3Si. The molecular weight excluding hydrogens is 432 g/mol. The van der Waals surface area contributed by atoms with Gasteiger partial charge < -0.3 is 23.9 Å². The van der Waals surface area contributed by atoms with Gasteiger partial charge >= 0.3 is 0 Å². The second kappa shape index (κ2) is 8.87. The van der Waals surface area contributed by atoms with Crippen molar-refractivity contribution in [2.24, 2.45) is 5.92 Å². The first-order valence-corrected chi connectivity index (χ1v) is 16.1. The number of carbonyl (C=O) groups excluding carboxylic acids is 2. The fourth-order valence-corrected chi connectivity index (χ4v) is 5.96. The van der Waals surface area contributed by atoms with Gasteiger partial charge in [0.25, 0.3) is 5.91 Å². The third-order valence-electron chi connectivity index (χ3n) is 7.43. The van der Waals surface area contributed by atoms with Crippen LogP contribution in [-0.2, 0) is 16.3 Å². The number of aromatic nitrogens is 2. The molecule has 1 amide bonds. The average molecular weight is 469 g/mol. The van der Waals surface area contributed by atoms with Gasteiger partial charge in [-0.1, -0.05) is 19.6 Å². The maximum absolute atomic E-state index is 13.4. The normalized spacial score (nSPS) is 23.8. The first kappa shape index (κ1) is 22.6. The molecule has 3 aliphatic rings. The van der Waals surface area contributed by atoms with Gasteiger partial charge in [0.2, 0.25) is 0 Å². The maximum atomic E-state index is 13.4. The first-order chi connectivity index (χ1) is 15.9. The molecule has 3 heterocycles. The summed E-state index contributed by atoms with van der Waals surface area (Å²) in [5.74, 6) is 0.289. The Hall–Kier alpha value is -2.19. The molecule has 7 nitrogen and oxygen atoms in total. The van der Waals surface area contributed by atoms with Crippen LogP contribution in [0.1, 0.15) is 48.9 Å². The van der Waals surface area contributed by atoms with Crippen molar-refractivity contribution in [3.8, 4) is 0 Å². The highest BCUT2D eigenvalue weighted by molar-refractivity contribution is 6.76. The molecule has 0 atom stereocenters. The number of pyridine rings is 1. The van der Waals surface area contributed by atoms with Crippen LogP contribution < -0.4 is 4.90 Å². The molecule has 0 bridgehead atoms. The molecule has 178 valence electrons. The van der Waals surface area contributed by atoms with E-state index >= 15 is 0 Å². The smallest absolute Gasteiger partial charge is 0.259 e. The zero-order valence-electron chi connectivity index (χ0n) is 20.1. The lowest BCUT2D eigenvalue weighted by molar-refractivity contribution is -0.111.